The Bertz CT molecular complexity index is 831. The van der Waals surface area contributed by atoms with Gasteiger partial charge in [-0.2, -0.15) is 0 Å². The number of carbonyl (C=O) groups excluding carboxylic acids is 3. The zero-order valence-electron chi connectivity index (χ0n) is 19.2. The highest BCUT2D eigenvalue weighted by atomic mass is 16.5. The SMILES string of the molecule is CNCC(=O)COC12CCC(C(=O)C3=CC[C@@H](NC(C)=O)[C@H]4CC4[C@@H]3C)=C[C@@H](C1)[C@@H]2C. The Balaban J connectivity index is 1.44. The van der Waals surface area contributed by atoms with Crippen molar-refractivity contribution in [1.82, 2.24) is 10.6 Å². The molecular weight excluding hydrogens is 392 g/mol. The summed E-state index contributed by atoms with van der Waals surface area (Å²) in [5, 5.41) is 5.96. The van der Waals surface area contributed by atoms with E-state index in [1.165, 1.54) is 0 Å². The van der Waals surface area contributed by atoms with Gasteiger partial charge >= 0.3 is 0 Å². The quantitative estimate of drug-likeness (QED) is 0.621. The van der Waals surface area contributed by atoms with Crippen LogP contribution in [0.2, 0.25) is 0 Å². The summed E-state index contributed by atoms with van der Waals surface area (Å²) in [6.07, 6.45) is 8.48. The van der Waals surface area contributed by atoms with Crippen LogP contribution in [0.4, 0.5) is 0 Å². The van der Waals surface area contributed by atoms with Crippen molar-refractivity contribution < 1.29 is 19.1 Å². The van der Waals surface area contributed by atoms with E-state index in [-0.39, 0.29) is 41.6 Å². The number of Topliss-reactive ketones (excluding diaryl/α,β-unsaturated/α-hetero) is 2. The molecule has 2 saturated carbocycles. The highest BCUT2D eigenvalue weighted by Gasteiger charge is 2.54. The standard InChI is InChI=1S/C25H36N2O4/c1-14-20(5-6-23(27-16(3)28)22-10-21(14)22)24(30)17-7-8-25(11-18(9-17)15(25)2)31-13-19(29)12-26-4/h5,9,14-15,18,21-23,26H,6-8,10-13H2,1-4H3,(H,27,28)/t14-,15+,18+,21?,22+,23-,25?/m1/s1. The van der Waals surface area contributed by atoms with E-state index in [4.69, 9.17) is 4.74 Å². The zero-order valence-corrected chi connectivity index (χ0v) is 19.2. The summed E-state index contributed by atoms with van der Waals surface area (Å²) in [5.74, 6) is 2.11. The zero-order chi connectivity index (χ0) is 22.3. The number of fused-ring (bicyclic) bond motifs is 3. The van der Waals surface area contributed by atoms with Crippen LogP contribution < -0.4 is 10.6 Å². The Kier molecular flexibility index (Phi) is 6.23. The largest absolute Gasteiger partial charge is 0.367 e. The molecule has 5 aliphatic rings. The molecule has 0 aromatic carbocycles. The lowest BCUT2D eigenvalue weighted by molar-refractivity contribution is -0.170. The normalized spacial score (nSPS) is 38.5. The topological polar surface area (TPSA) is 84.5 Å². The van der Waals surface area contributed by atoms with Crippen LogP contribution in [0.1, 0.15) is 52.9 Å². The van der Waals surface area contributed by atoms with Crippen molar-refractivity contribution in [3.8, 4) is 0 Å². The highest BCUT2D eigenvalue weighted by molar-refractivity contribution is 6.08. The van der Waals surface area contributed by atoms with E-state index in [0.717, 1.165) is 36.8 Å². The van der Waals surface area contributed by atoms with E-state index in [2.05, 4.69) is 36.6 Å². The first-order chi connectivity index (χ1) is 14.8. The van der Waals surface area contributed by atoms with Gasteiger partial charge in [-0.05, 0) is 79.9 Å². The molecule has 7 atom stereocenters. The van der Waals surface area contributed by atoms with Gasteiger partial charge in [-0.15, -0.1) is 0 Å². The number of nitrogens with one attached hydrogen (secondary N) is 2. The lowest BCUT2D eigenvalue weighted by atomic mass is 9.61. The van der Waals surface area contributed by atoms with E-state index in [0.29, 0.717) is 36.6 Å². The van der Waals surface area contributed by atoms with Crippen LogP contribution >= 0.6 is 0 Å². The van der Waals surface area contributed by atoms with E-state index in [1.54, 1.807) is 14.0 Å². The second-order valence-corrected chi connectivity index (χ2v) is 10.2. The Labute approximate surface area is 185 Å². The molecule has 2 fully saturated rings. The van der Waals surface area contributed by atoms with Gasteiger partial charge in [-0.1, -0.05) is 26.0 Å². The fourth-order valence-corrected chi connectivity index (χ4v) is 6.17. The maximum absolute atomic E-state index is 13.6. The van der Waals surface area contributed by atoms with Gasteiger partial charge in [0.15, 0.2) is 11.6 Å². The van der Waals surface area contributed by atoms with Crippen LogP contribution in [0.15, 0.2) is 23.3 Å². The van der Waals surface area contributed by atoms with E-state index >= 15 is 0 Å². The first kappa shape index (κ1) is 22.4. The summed E-state index contributed by atoms with van der Waals surface area (Å²) >= 11 is 0. The number of allylic oxidation sites excluding steroid dienone is 3. The molecule has 2 bridgehead atoms. The van der Waals surface area contributed by atoms with Crippen molar-refractivity contribution in [2.45, 2.75) is 64.5 Å². The average Bonchev–Trinajstić information content (AvgIpc) is 3.55. The second kappa shape index (κ2) is 8.62. The lowest BCUT2D eigenvalue weighted by Crippen LogP contribution is -2.54. The molecule has 0 radical (unpaired) electrons. The molecule has 0 aromatic heterocycles. The Morgan fingerprint density at radius 1 is 1.23 bits per heavy atom. The average molecular weight is 429 g/mol. The maximum Gasteiger partial charge on any atom is 0.217 e. The molecule has 1 amide bonds. The molecular formula is C25H36N2O4. The number of hydrogen-bond donors (Lipinski definition) is 2. The summed E-state index contributed by atoms with van der Waals surface area (Å²) in [7, 11) is 1.76. The second-order valence-electron chi connectivity index (χ2n) is 10.2. The third-order valence-electron chi connectivity index (χ3n) is 8.26. The van der Waals surface area contributed by atoms with Crippen molar-refractivity contribution in [2.24, 2.45) is 29.6 Å². The molecule has 170 valence electrons. The Morgan fingerprint density at radius 3 is 2.68 bits per heavy atom. The molecule has 5 rings (SSSR count). The van der Waals surface area contributed by atoms with Crippen molar-refractivity contribution in [2.75, 3.05) is 20.2 Å². The monoisotopic (exact) mass is 428 g/mol. The Morgan fingerprint density at radius 2 is 2.00 bits per heavy atom. The molecule has 5 aliphatic carbocycles. The van der Waals surface area contributed by atoms with Crippen molar-refractivity contribution in [1.29, 1.82) is 0 Å². The first-order valence-electron chi connectivity index (χ1n) is 11.8. The smallest absolute Gasteiger partial charge is 0.217 e. The fourth-order valence-electron chi connectivity index (χ4n) is 6.17. The van der Waals surface area contributed by atoms with E-state index in [9.17, 15) is 14.4 Å². The minimum absolute atomic E-state index is 0.00483. The van der Waals surface area contributed by atoms with Gasteiger partial charge < -0.3 is 15.4 Å². The van der Waals surface area contributed by atoms with Gasteiger partial charge in [0, 0.05) is 13.0 Å². The number of rotatable bonds is 8. The van der Waals surface area contributed by atoms with Crippen molar-refractivity contribution in [3.05, 3.63) is 23.3 Å². The number of carbonyl (C=O) groups is 3. The summed E-state index contributed by atoms with van der Waals surface area (Å²) in [6, 6.07) is 0.151. The van der Waals surface area contributed by atoms with Crippen LogP contribution in [-0.2, 0) is 19.1 Å². The molecule has 31 heavy (non-hydrogen) atoms. The van der Waals surface area contributed by atoms with Gasteiger partial charge in [-0.25, -0.2) is 0 Å². The maximum atomic E-state index is 13.6. The van der Waals surface area contributed by atoms with Gasteiger partial charge in [0.05, 0.1) is 12.1 Å². The number of ketones is 2. The van der Waals surface area contributed by atoms with E-state index < -0.39 is 0 Å². The van der Waals surface area contributed by atoms with Crippen molar-refractivity contribution >= 4 is 17.5 Å². The van der Waals surface area contributed by atoms with Crippen LogP contribution in [-0.4, -0.2) is 49.3 Å². The molecule has 0 heterocycles. The molecule has 0 aromatic rings. The number of amides is 1. The predicted molar refractivity (Wildman–Crippen MR) is 118 cm³/mol. The fraction of sp³-hybridized carbons (Fsp3) is 0.720. The molecule has 2 unspecified atom stereocenters. The number of ether oxygens (including phenoxy) is 1. The van der Waals surface area contributed by atoms with Crippen LogP contribution in [0.3, 0.4) is 0 Å². The molecule has 2 N–H and O–H groups in total. The number of likely N-dealkylation sites (N-methyl/N-ethyl adjacent to an activating group) is 1. The lowest BCUT2D eigenvalue weighted by Gasteiger charge is -2.51. The minimum Gasteiger partial charge on any atom is -0.367 e. The molecule has 0 aliphatic heterocycles. The first-order valence-corrected chi connectivity index (χ1v) is 11.8. The number of hydrogen-bond acceptors (Lipinski definition) is 5. The summed E-state index contributed by atoms with van der Waals surface area (Å²) in [5.41, 5.74) is 1.56. The third-order valence-corrected chi connectivity index (χ3v) is 8.26. The summed E-state index contributed by atoms with van der Waals surface area (Å²) in [6.45, 7) is 6.37. The van der Waals surface area contributed by atoms with Crippen LogP contribution in [0, 0.1) is 29.6 Å². The third kappa shape index (κ3) is 4.29. The summed E-state index contributed by atoms with van der Waals surface area (Å²) in [4.78, 5) is 37.0. The van der Waals surface area contributed by atoms with Crippen molar-refractivity contribution in [3.63, 3.8) is 0 Å². The Hall–Kier alpha value is -1.79. The molecule has 6 heteroatoms. The van der Waals surface area contributed by atoms with Gasteiger partial charge in [0.25, 0.3) is 0 Å². The van der Waals surface area contributed by atoms with Gasteiger partial charge in [0.2, 0.25) is 5.91 Å². The molecule has 0 saturated heterocycles. The van der Waals surface area contributed by atoms with E-state index in [1.807, 2.05) is 0 Å². The van der Waals surface area contributed by atoms with Gasteiger partial charge in [-0.3, -0.25) is 14.4 Å². The summed E-state index contributed by atoms with van der Waals surface area (Å²) < 4.78 is 6.14. The highest BCUT2D eigenvalue weighted by Crippen LogP contribution is 2.55. The molecule has 6 nitrogen and oxygen atoms in total. The van der Waals surface area contributed by atoms with Crippen LogP contribution in [0.25, 0.3) is 0 Å². The van der Waals surface area contributed by atoms with Gasteiger partial charge in [0.1, 0.15) is 6.61 Å². The molecule has 0 spiro atoms. The minimum atomic E-state index is -0.284. The van der Waals surface area contributed by atoms with Crippen LogP contribution in [0.5, 0.6) is 0 Å². The predicted octanol–water partition coefficient (Wildman–Crippen LogP) is 2.58.